The number of hydrogen-bond donors (Lipinski definition) is 1. The normalized spacial score (nSPS) is 23.7. The summed E-state index contributed by atoms with van der Waals surface area (Å²) in [6.45, 7) is 4.80. The number of nitrogens with one attached hydrogen (secondary N) is 1. The van der Waals surface area contributed by atoms with E-state index in [2.05, 4.69) is 21.9 Å². The van der Waals surface area contributed by atoms with E-state index in [1.54, 1.807) is 0 Å². The maximum Gasteiger partial charge on any atom is 0.274 e. The number of fused-ring (bicyclic) bond motifs is 1. The molecule has 2 aliphatic rings. The number of nitrogens with zero attached hydrogens (tertiary/aromatic N) is 3. The van der Waals surface area contributed by atoms with E-state index in [0.29, 0.717) is 29.6 Å². The predicted octanol–water partition coefficient (Wildman–Crippen LogP) is 2.19. The van der Waals surface area contributed by atoms with Crippen molar-refractivity contribution in [3.8, 4) is 11.4 Å². The highest BCUT2D eigenvalue weighted by molar-refractivity contribution is 6.30. The Bertz CT molecular complexity index is 806. The molecule has 2 atom stereocenters. The van der Waals surface area contributed by atoms with Crippen molar-refractivity contribution < 1.29 is 9.53 Å². The first-order valence-electron chi connectivity index (χ1n) is 8.46. The number of aryl methyl sites for hydroxylation is 1. The van der Waals surface area contributed by atoms with Crippen molar-refractivity contribution >= 4 is 17.5 Å². The van der Waals surface area contributed by atoms with E-state index in [4.69, 9.17) is 16.3 Å². The molecular weight excluding hydrogens is 340 g/mol. The van der Waals surface area contributed by atoms with Gasteiger partial charge in [-0.3, -0.25) is 9.69 Å². The van der Waals surface area contributed by atoms with E-state index < -0.39 is 0 Å². The Morgan fingerprint density at radius 1 is 1.40 bits per heavy atom. The second-order valence-electron chi connectivity index (χ2n) is 6.74. The lowest BCUT2D eigenvalue weighted by atomic mass is 10.1. The molecule has 1 N–H and O–H groups in total. The van der Waals surface area contributed by atoms with Crippen LogP contribution in [0.15, 0.2) is 24.3 Å². The van der Waals surface area contributed by atoms with Gasteiger partial charge in [0.25, 0.3) is 5.91 Å². The molecule has 0 unspecified atom stereocenters. The van der Waals surface area contributed by atoms with E-state index in [1.807, 2.05) is 36.1 Å². The van der Waals surface area contributed by atoms with Crippen molar-refractivity contribution in [2.75, 3.05) is 33.3 Å². The number of rotatable bonds is 2. The van der Waals surface area contributed by atoms with E-state index >= 15 is 0 Å². The van der Waals surface area contributed by atoms with Crippen LogP contribution in [0, 0.1) is 6.92 Å². The highest BCUT2D eigenvalue weighted by Crippen LogP contribution is 2.25. The smallest absolute Gasteiger partial charge is 0.274 e. The third kappa shape index (κ3) is 3.05. The zero-order valence-corrected chi connectivity index (χ0v) is 15.1. The van der Waals surface area contributed by atoms with Gasteiger partial charge in [0.1, 0.15) is 11.5 Å². The molecule has 7 heteroatoms. The monoisotopic (exact) mass is 360 g/mol. The van der Waals surface area contributed by atoms with Crippen molar-refractivity contribution in [2.24, 2.45) is 0 Å². The minimum absolute atomic E-state index is 0.0478. The Hall–Kier alpha value is -1.89. The first-order valence-corrected chi connectivity index (χ1v) is 8.84. The largest absolute Gasteiger partial charge is 0.373 e. The van der Waals surface area contributed by atoms with Crippen molar-refractivity contribution in [3.63, 3.8) is 0 Å². The lowest BCUT2D eigenvalue weighted by molar-refractivity contribution is -0.0368. The topological polar surface area (TPSA) is 61.5 Å². The van der Waals surface area contributed by atoms with Crippen LogP contribution in [-0.2, 0) is 4.74 Å². The number of imidazole rings is 1. The van der Waals surface area contributed by atoms with E-state index in [1.165, 1.54) is 0 Å². The number of likely N-dealkylation sites (N-methyl/N-ethyl adjacent to an activating group) is 1. The first-order chi connectivity index (χ1) is 12.0. The van der Waals surface area contributed by atoms with Crippen molar-refractivity contribution in [1.82, 2.24) is 19.8 Å². The molecular formula is C18H21ClN4O2. The van der Waals surface area contributed by atoms with E-state index in [-0.39, 0.29) is 18.1 Å². The number of carbonyl (C=O) groups excluding carboxylic acids is 1. The van der Waals surface area contributed by atoms with Gasteiger partial charge in [-0.05, 0) is 26.1 Å². The summed E-state index contributed by atoms with van der Waals surface area (Å²) in [5.74, 6) is 0.613. The SMILES string of the molecule is Cc1[nH]c(-c2cccc(Cl)c2)nc1C(=O)N1C[C@H]2OCCN(C)[C@H]2C1. The number of halogens is 1. The number of carbonyl (C=O) groups is 1. The fourth-order valence-corrected chi connectivity index (χ4v) is 3.80. The summed E-state index contributed by atoms with van der Waals surface area (Å²) in [5, 5.41) is 0.642. The Kier molecular flexibility index (Phi) is 4.27. The number of hydrogen-bond acceptors (Lipinski definition) is 4. The highest BCUT2D eigenvalue weighted by atomic mass is 35.5. The van der Waals surface area contributed by atoms with Crippen LogP contribution in [0.1, 0.15) is 16.2 Å². The van der Waals surface area contributed by atoms with Gasteiger partial charge >= 0.3 is 0 Å². The summed E-state index contributed by atoms with van der Waals surface area (Å²) in [6, 6.07) is 7.71. The highest BCUT2D eigenvalue weighted by Gasteiger charge is 2.41. The van der Waals surface area contributed by atoms with Gasteiger partial charge in [0.2, 0.25) is 0 Å². The molecule has 3 heterocycles. The van der Waals surface area contributed by atoms with Gasteiger partial charge in [-0.2, -0.15) is 0 Å². The summed E-state index contributed by atoms with van der Waals surface area (Å²) >= 11 is 6.06. The summed E-state index contributed by atoms with van der Waals surface area (Å²) in [6.07, 6.45) is 0.0920. The van der Waals surface area contributed by atoms with Crippen LogP contribution < -0.4 is 0 Å². The maximum absolute atomic E-state index is 13.0. The molecule has 2 fully saturated rings. The quantitative estimate of drug-likeness (QED) is 0.891. The van der Waals surface area contributed by atoms with E-state index in [0.717, 1.165) is 24.4 Å². The van der Waals surface area contributed by atoms with Crippen LogP contribution in [0.25, 0.3) is 11.4 Å². The maximum atomic E-state index is 13.0. The molecule has 25 heavy (non-hydrogen) atoms. The number of benzene rings is 1. The van der Waals surface area contributed by atoms with Gasteiger partial charge < -0.3 is 14.6 Å². The van der Waals surface area contributed by atoms with Crippen LogP contribution in [0.4, 0.5) is 0 Å². The number of ether oxygens (including phenoxy) is 1. The second-order valence-corrected chi connectivity index (χ2v) is 7.17. The van der Waals surface area contributed by atoms with Gasteiger partial charge in [-0.25, -0.2) is 4.98 Å². The number of aromatic nitrogens is 2. The molecule has 2 saturated heterocycles. The van der Waals surface area contributed by atoms with Crippen molar-refractivity contribution in [2.45, 2.75) is 19.1 Å². The van der Waals surface area contributed by atoms with Gasteiger partial charge in [-0.1, -0.05) is 23.7 Å². The lowest BCUT2D eigenvalue weighted by Crippen LogP contribution is -2.48. The molecule has 132 valence electrons. The van der Waals surface area contributed by atoms with Crippen molar-refractivity contribution in [1.29, 1.82) is 0 Å². The summed E-state index contributed by atoms with van der Waals surface area (Å²) < 4.78 is 5.83. The average molecular weight is 361 g/mol. The third-order valence-corrected chi connectivity index (χ3v) is 5.29. The molecule has 0 radical (unpaired) electrons. The molecule has 0 spiro atoms. The summed E-state index contributed by atoms with van der Waals surface area (Å²) in [7, 11) is 2.09. The molecule has 1 amide bonds. The summed E-state index contributed by atoms with van der Waals surface area (Å²) in [4.78, 5) is 24.8. The number of morpholine rings is 1. The molecule has 2 aliphatic heterocycles. The molecule has 4 rings (SSSR count). The summed E-state index contributed by atoms with van der Waals surface area (Å²) in [5.41, 5.74) is 2.10. The first kappa shape index (κ1) is 16.6. The molecule has 6 nitrogen and oxygen atoms in total. The number of likely N-dealkylation sites (tertiary alicyclic amines) is 1. The number of aromatic amines is 1. The van der Waals surface area contributed by atoms with Crippen LogP contribution in [0.2, 0.25) is 5.02 Å². The molecule has 1 aromatic heterocycles. The Labute approximate surface area is 151 Å². The predicted molar refractivity (Wildman–Crippen MR) is 95.8 cm³/mol. The van der Waals surface area contributed by atoms with Crippen LogP contribution in [0.5, 0.6) is 0 Å². The molecule has 0 bridgehead atoms. The van der Waals surface area contributed by atoms with Gasteiger partial charge in [0, 0.05) is 35.9 Å². The second kappa shape index (κ2) is 6.44. The van der Waals surface area contributed by atoms with Crippen LogP contribution in [-0.4, -0.2) is 71.1 Å². The van der Waals surface area contributed by atoms with Gasteiger partial charge in [0.15, 0.2) is 0 Å². The Morgan fingerprint density at radius 2 is 2.24 bits per heavy atom. The minimum atomic E-state index is -0.0478. The Morgan fingerprint density at radius 3 is 3.00 bits per heavy atom. The Balaban J connectivity index is 1.57. The van der Waals surface area contributed by atoms with Crippen LogP contribution >= 0.6 is 11.6 Å². The fourth-order valence-electron chi connectivity index (χ4n) is 3.61. The fraction of sp³-hybridized carbons (Fsp3) is 0.444. The molecule has 2 aromatic rings. The average Bonchev–Trinajstić information content (AvgIpc) is 3.19. The van der Waals surface area contributed by atoms with E-state index in [9.17, 15) is 4.79 Å². The number of H-pyrrole nitrogens is 1. The lowest BCUT2D eigenvalue weighted by Gasteiger charge is -2.33. The van der Waals surface area contributed by atoms with Crippen molar-refractivity contribution in [3.05, 3.63) is 40.7 Å². The molecule has 1 aromatic carbocycles. The minimum Gasteiger partial charge on any atom is -0.373 e. The zero-order valence-electron chi connectivity index (χ0n) is 14.3. The van der Waals surface area contributed by atoms with Gasteiger partial charge in [0.05, 0.1) is 18.8 Å². The molecule has 0 saturated carbocycles. The standard InChI is InChI=1S/C18H21ClN4O2/c1-11-16(21-17(20-11)12-4-3-5-13(19)8-12)18(24)23-9-14-15(10-23)25-7-6-22(14)2/h3-5,8,14-15H,6-7,9-10H2,1-2H3,(H,20,21)/t14-,15+/m0/s1. The zero-order chi connectivity index (χ0) is 17.6. The van der Waals surface area contributed by atoms with Gasteiger partial charge in [-0.15, -0.1) is 0 Å². The molecule has 0 aliphatic carbocycles. The number of amides is 1. The van der Waals surface area contributed by atoms with Crippen LogP contribution in [0.3, 0.4) is 0 Å². The third-order valence-electron chi connectivity index (χ3n) is 5.05.